The third kappa shape index (κ3) is 5.78. The molecule has 0 radical (unpaired) electrons. The van der Waals surface area contributed by atoms with Crippen LogP contribution in [0.1, 0.15) is 23.1 Å². The van der Waals surface area contributed by atoms with Crippen molar-refractivity contribution in [3.63, 3.8) is 0 Å². The summed E-state index contributed by atoms with van der Waals surface area (Å²) in [5, 5.41) is 0. The number of ether oxygens (including phenoxy) is 1. The van der Waals surface area contributed by atoms with Crippen molar-refractivity contribution in [2.75, 3.05) is 0 Å². The molecule has 0 atom stereocenters. The molecule has 6 heteroatoms. The summed E-state index contributed by atoms with van der Waals surface area (Å²) in [4.78, 5) is 0.109. The highest BCUT2D eigenvalue weighted by Gasteiger charge is 2.30. The number of rotatable bonds is 7. The lowest BCUT2D eigenvalue weighted by Gasteiger charge is -2.05. The van der Waals surface area contributed by atoms with Crippen LogP contribution in [-0.2, 0) is 14.8 Å². The molecule has 3 aromatic rings. The highest BCUT2D eigenvalue weighted by molar-refractivity contribution is 9.15. The molecular formula is C29H24BrNO3S. The minimum Gasteiger partial charge on any atom is -0.437 e. The van der Waals surface area contributed by atoms with Crippen molar-refractivity contribution in [3.8, 4) is 0 Å². The van der Waals surface area contributed by atoms with Crippen LogP contribution in [0.25, 0.3) is 10.2 Å². The molecule has 4 nitrogen and oxygen atoms in total. The van der Waals surface area contributed by atoms with Gasteiger partial charge in [-0.1, -0.05) is 100 Å². The van der Waals surface area contributed by atoms with Crippen LogP contribution in [0.4, 0.5) is 0 Å². The minimum absolute atomic E-state index is 0.0332. The lowest BCUT2D eigenvalue weighted by molar-refractivity contribution is 0.519. The highest BCUT2D eigenvalue weighted by Crippen LogP contribution is 2.37. The van der Waals surface area contributed by atoms with Gasteiger partial charge in [0.2, 0.25) is 5.90 Å². The Morgan fingerprint density at radius 2 is 1.60 bits per heavy atom. The lowest BCUT2D eigenvalue weighted by Crippen LogP contribution is -2.07. The molecule has 176 valence electrons. The first-order valence-corrected chi connectivity index (χ1v) is 13.2. The number of sulfonamides is 1. The standard InChI is InChI=1S/C29H24BrNO3S/c1-3-10-25-26(19-20-27(30)22-11-6-4-7-12-22)29(34-28(25)23-13-8-5-9-14-23)31-35(32,33)24-17-15-21(2)16-18-24/h3-9,11-20H,1,10H2,2H3/b26-19-,27-20+,31-29+. The molecule has 0 amide bonds. The van der Waals surface area contributed by atoms with Crippen molar-refractivity contribution < 1.29 is 13.2 Å². The van der Waals surface area contributed by atoms with Crippen molar-refractivity contribution in [3.05, 3.63) is 138 Å². The van der Waals surface area contributed by atoms with Gasteiger partial charge in [-0.2, -0.15) is 8.42 Å². The van der Waals surface area contributed by atoms with Crippen molar-refractivity contribution in [2.24, 2.45) is 4.40 Å². The van der Waals surface area contributed by atoms with Crippen LogP contribution in [0.2, 0.25) is 0 Å². The van der Waals surface area contributed by atoms with Gasteiger partial charge in [0.15, 0.2) is 0 Å². The second kappa shape index (κ2) is 10.8. The van der Waals surface area contributed by atoms with Gasteiger partial charge in [-0.3, -0.25) is 0 Å². The van der Waals surface area contributed by atoms with E-state index in [0.717, 1.165) is 26.7 Å². The third-order valence-corrected chi connectivity index (χ3v) is 7.38. The van der Waals surface area contributed by atoms with Crippen LogP contribution >= 0.6 is 15.9 Å². The Hall–Kier alpha value is -3.48. The number of allylic oxidation sites excluding steroid dienone is 3. The van der Waals surface area contributed by atoms with Gasteiger partial charge in [0.1, 0.15) is 5.76 Å². The maximum Gasteiger partial charge on any atom is 0.285 e. The van der Waals surface area contributed by atoms with Gasteiger partial charge >= 0.3 is 0 Å². The fourth-order valence-electron chi connectivity index (χ4n) is 3.60. The number of hydrogen-bond donors (Lipinski definition) is 0. The first-order chi connectivity index (χ1) is 16.9. The molecule has 1 aliphatic heterocycles. The molecule has 0 fully saturated rings. The Balaban J connectivity index is 1.86. The summed E-state index contributed by atoms with van der Waals surface area (Å²) < 4.78 is 37.4. The van der Waals surface area contributed by atoms with Gasteiger partial charge in [-0.15, -0.1) is 11.0 Å². The summed E-state index contributed by atoms with van der Waals surface area (Å²) >= 11 is 3.62. The Morgan fingerprint density at radius 1 is 0.971 bits per heavy atom. The van der Waals surface area contributed by atoms with Gasteiger partial charge in [-0.25, -0.2) is 0 Å². The summed E-state index contributed by atoms with van der Waals surface area (Å²) in [5.74, 6) is 0.602. The third-order valence-electron chi connectivity index (χ3n) is 5.38. The number of hydrogen-bond acceptors (Lipinski definition) is 3. The minimum atomic E-state index is -3.99. The van der Waals surface area contributed by atoms with E-state index < -0.39 is 10.0 Å². The normalized spacial score (nSPS) is 16.6. The largest absolute Gasteiger partial charge is 0.437 e. The van der Waals surface area contributed by atoms with Gasteiger partial charge in [0.05, 0.1) is 4.90 Å². The van der Waals surface area contributed by atoms with Crippen LogP contribution < -0.4 is 0 Å². The SMILES string of the molecule is C=CCC1=C(c2ccccc2)OC(=N/S(=O)(=O)c2ccc(C)cc2)/C1=C\C=C(\Br)c1ccccc1. The fraction of sp³-hybridized carbons (Fsp3) is 0.0690. The van der Waals surface area contributed by atoms with E-state index in [0.29, 0.717) is 17.8 Å². The summed E-state index contributed by atoms with van der Waals surface area (Å²) in [6.45, 7) is 5.79. The van der Waals surface area contributed by atoms with Gasteiger partial charge < -0.3 is 4.74 Å². The van der Waals surface area contributed by atoms with Crippen LogP contribution in [0.5, 0.6) is 0 Å². The summed E-state index contributed by atoms with van der Waals surface area (Å²) in [6.07, 6.45) is 5.95. The topological polar surface area (TPSA) is 55.7 Å². The van der Waals surface area contributed by atoms with E-state index in [1.54, 1.807) is 30.3 Å². The smallest absolute Gasteiger partial charge is 0.285 e. The molecule has 0 spiro atoms. The number of halogens is 1. The molecule has 1 heterocycles. The van der Waals surface area contributed by atoms with E-state index in [9.17, 15) is 8.42 Å². The van der Waals surface area contributed by atoms with E-state index >= 15 is 0 Å². The monoisotopic (exact) mass is 545 g/mol. The van der Waals surface area contributed by atoms with Crippen LogP contribution in [0.3, 0.4) is 0 Å². The molecule has 0 unspecified atom stereocenters. The lowest BCUT2D eigenvalue weighted by atomic mass is 9.99. The molecule has 3 aromatic carbocycles. The van der Waals surface area contributed by atoms with E-state index in [4.69, 9.17) is 4.74 Å². The number of nitrogens with zero attached hydrogens (tertiary/aromatic N) is 1. The quantitative estimate of drug-likeness (QED) is 0.289. The highest BCUT2D eigenvalue weighted by atomic mass is 79.9. The Bertz CT molecular complexity index is 1450. The van der Waals surface area contributed by atoms with Gasteiger partial charge in [0.25, 0.3) is 10.0 Å². The average molecular weight is 546 g/mol. The second-order valence-corrected chi connectivity index (χ2v) is 10.4. The van der Waals surface area contributed by atoms with E-state index in [1.807, 2.05) is 79.7 Å². The Kier molecular flexibility index (Phi) is 7.63. The average Bonchev–Trinajstić information content (AvgIpc) is 3.20. The van der Waals surface area contributed by atoms with Crippen molar-refractivity contribution in [1.82, 2.24) is 0 Å². The molecule has 0 saturated carbocycles. The molecule has 1 aliphatic rings. The van der Waals surface area contributed by atoms with Crippen molar-refractivity contribution in [2.45, 2.75) is 18.2 Å². The zero-order valence-electron chi connectivity index (χ0n) is 19.2. The zero-order chi connectivity index (χ0) is 24.8. The maximum absolute atomic E-state index is 13.2. The molecule has 0 aliphatic carbocycles. The molecule has 4 rings (SSSR count). The Labute approximate surface area is 214 Å². The first-order valence-electron chi connectivity index (χ1n) is 11.0. The number of benzene rings is 3. The molecular weight excluding hydrogens is 522 g/mol. The van der Waals surface area contributed by atoms with Crippen molar-refractivity contribution >= 4 is 42.1 Å². The number of aryl methyl sites for hydroxylation is 1. The predicted octanol–water partition coefficient (Wildman–Crippen LogP) is 7.46. The Morgan fingerprint density at radius 3 is 2.23 bits per heavy atom. The first kappa shape index (κ1) is 24.6. The predicted molar refractivity (Wildman–Crippen MR) is 146 cm³/mol. The second-order valence-electron chi connectivity index (χ2n) is 7.91. The van der Waals surface area contributed by atoms with E-state index in [-0.39, 0.29) is 10.8 Å². The van der Waals surface area contributed by atoms with E-state index in [1.165, 1.54) is 0 Å². The van der Waals surface area contributed by atoms with Crippen LogP contribution in [-0.4, -0.2) is 14.3 Å². The molecule has 0 aromatic heterocycles. The van der Waals surface area contributed by atoms with Gasteiger partial charge in [-0.05, 0) is 43.2 Å². The summed E-state index contributed by atoms with van der Waals surface area (Å²) in [5.41, 5.74) is 4.19. The van der Waals surface area contributed by atoms with E-state index in [2.05, 4.69) is 26.9 Å². The molecule has 0 N–H and O–H groups in total. The molecule has 35 heavy (non-hydrogen) atoms. The summed E-state index contributed by atoms with van der Waals surface area (Å²) in [7, 11) is -3.99. The van der Waals surface area contributed by atoms with Crippen LogP contribution in [0.15, 0.2) is 130 Å². The zero-order valence-corrected chi connectivity index (χ0v) is 21.6. The summed E-state index contributed by atoms with van der Waals surface area (Å²) in [6, 6.07) is 26.0. The molecule has 0 saturated heterocycles. The fourth-order valence-corrected chi connectivity index (χ4v) is 4.93. The maximum atomic E-state index is 13.2. The van der Waals surface area contributed by atoms with Crippen molar-refractivity contribution in [1.29, 1.82) is 0 Å². The van der Waals surface area contributed by atoms with Gasteiger partial charge in [0, 0.05) is 21.2 Å². The van der Waals surface area contributed by atoms with Crippen LogP contribution in [0, 0.1) is 6.92 Å². The molecule has 0 bridgehead atoms.